The highest BCUT2D eigenvalue weighted by Gasteiger charge is 2.39. The summed E-state index contributed by atoms with van der Waals surface area (Å²) in [4.78, 5) is 2.64. The molecule has 1 atom stereocenters. The van der Waals surface area contributed by atoms with Crippen molar-refractivity contribution in [1.29, 1.82) is 0 Å². The molecule has 1 spiro atoms. The van der Waals surface area contributed by atoms with Crippen molar-refractivity contribution in [3.05, 3.63) is 0 Å². The lowest BCUT2D eigenvalue weighted by Crippen LogP contribution is -2.62. The predicted molar refractivity (Wildman–Crippen MR) is 55.9 cm³/mol. The van der Waals surface area contributed by atoms with Crippen LogP contribution in [0.1, 0.15) is 39.5 Å². The number of hydrogen-bond donors (Lipinski definition) is 1. The van der Waals surface area contributed by atoms with E-state index in [0.29, 0.717) is 5.54 Å². The zero-order valence-corrected chi connectivity index (χ0v) is 8.97. The first kappa shape index (κ1) is 9.47. The van der Waals surface area contributed by atoms with Crippen LogP contribution in [0.3, 0.4) is 0 Å². The summed E-state index contributed by atoms with van der Waals surface area (Å²) in [5.74, 6) is 0. The van der Waals surface area contributed by atoms with E-state index in [0.717, 1.165) is 6.04 Å². The zero-order valence-electron chi connectivity index (χ0n) is 8.97. The second-order valence-corrected chi connectivity index (χ2v) is 4.75. The van der Waals surface area contributed by atoms with Crippen LogP contribution in [0, 0.1) is 0 Å². The highest BCUT2D eigenvalue weighted by Crippen LogP contribution is 2.31. The maximum atomic E-state index is 3.61. The molecule has 0 amide bonds. The van der Waals surface area contributed by atoms with Crippen molar-refractivity contribution in [2.24, 2.45) is 0 Å². The van der Waals surface area contributed by atoms with Gasteiger partial charge in [0, 0.05) is 24.7 Å². The summed E-state index contributed by atoms with van der Waals surface area (Å²) < 4.78 is 0. The molecule has 0 aromatic carbocycles. The smallest absolute Gasteiger partial charge is 0.0217 e. The SMILES string of the molecule is CCC(C)N1CCC2(CCN2)CC1. The second kappa shape index (κ2) is 3.58. The molecule has 76 valence electrons. The maximum absolute atomic E-state index is 3.61. The summed E-state index contributed by atoms with van der Waals surface area (Å²) >= 11 is 0. The fourth-order valence-corrected chi connectivity index (χ4v) is 2.56. The van der Waals surface area contributed by atoms with Gasteiger partial charge in [0.1, 0.15) is 0 Å². The normalized spacial score (nSPS) is 30.0. The summed E-state index contributed by atoms with van der Waals surface area (Å²) in [5, 5.41) is 3.61. The molecule has 2 heterocycles. The lowest BCUT2D eigenvalue weighted by molar-refractivity contribution is 0.0638. The van der Waals surface area contributed by atoms with Crippen molar-refractivity contribution in [1.82, 2.24) is 10.2 Å². The Hall–Kier alpha value is -0.0800. The van der Waals surface area contributed by atoms with E-state index >= 15 is 0 Å². The van der Waals surface area contributed by atoms with Crippen LogP contribution in [-0.2, 0) is 0 Å². The van der Waals surface area contributed by atoms with E-state index in [4.69, 9.17) is 0 Å². The first-order valence-electron chi connectivity index (χ1n) is 5.75. The van der Waals surface area contributed by atoms with Crippen LogP contribution in [-0.4, -0.2) is 36.1 Å². The minimum Gasteiger partial charge on any atom is -0.311 e. The third kappa shape index (κ3) is 1.75. The molecule has 0 aromatic heterocycles. The molecule has 13 heavy (non-hydrogen) atoms. The molecule has 0 radical (unpaired) electrons. The van der Waals surface area contributed by atoms with Gasteiger partial charge in [0.25, 0.3) is 0 Å². The lowest BCUT2D eigenvalue weighted by atomic mass is 9.78. The van der Waals surface area contributed by atoms with Gasteiger partial charge in [0.15, 0.2) is 0 Å². The molecule has 2 heteroatoms. The van der Waals surface area contributed by atoms with Crippen molar-refractivity contribution < 1.29 is 0 Å². The van der Waals surface area contributed by atoms with E-state index in [2.05, 4.69) is 24.1 Å². The number of hydrogen-bond acceptors (Lipinski definition) is 2. The topological polar surface area (TPSA) is 15.3 Å². The predicted octanol–water partition coefficient (Wildman–Crippen LogP) is 1.61. The molecule has 2 aliphatic heterocycles. The lowest BCUT2D eigenvalue weighted by Gasteiger charge is -2.50. The van der Waals surface area contributed by atoms with Crippen molar-refractivity contribution in [2.75, 3.05) is 19.6 Å². The van der Waals surface area contributed by atoms with E-state index in [1.807, 2.05) is 0 Å². The average molecular weight is 182 g/mol. The molecule has 0 aliphatic carbocycles. The van der Waals surface area contributed by atoms with Crippen LogP contribution in [0.5, 0.6) is 0 Å². The Labute approximate surface area is 81.7 Å². The van der Waals surface area contributed by atoms with Crippen molar-refractivity contribution >= 4 is 0 Å². The van der Waals surface area contributed by atoms with Gasteiger partial charge in [-0.25, -0.2) is 0 Å². The fourth-order valence-electron chi connectivity index (χ4n) is 2.56. The van der Waals surface area contributed by atoms with E-state index in [1.54, 1.807) is 0 Å². The molecule has 2 nitrogen and oxygen atoms in total. The van der Waals surface area contributed by atoms with Crippen LogP contribution in [0.4, 0.5) is 0 Å². The quantitative estimate of drug-likeness (QED) is 0.698. The number of likely N-dealkylation sites (tertiary alicyclic amines) is 1. The number of nitrogens with one attached hydrogen (secondary N) is 1. The Morgan fingerprint density at radius 1 is 1.31 bits per heavy atom. The summed E-state index contributed by atoms with van der Waals surface area (Å²) in [6, 6.07) is 0.789. The Balaban J connectivity index is 1.82. The number of nitrogens with zero attached hydrogens (tertiary/aromatic N) is 1. The zero-order chi connectivity index (χ0) is 9.31. The van der Waals surface area contributed by atoms with Gasteiger partial charge >= 0.3 is 0 Å². The minimum atomic E-state index is 0.573. The Morgan fingerprint density at radius 2 is 1.92 bits per heavy atom. The molecule has 2 rings (SSSR count). The summed E-state index contributed by atoms with van der Waals surface area (Å²) in [5.41, 5.74) is 0.573. The van der Waals surface area contributed by atoms with Gasteiger partial charge in [-0.3, -0.25) is 0 Å². The van der Waals surface area contributed by atoms with Crippen LogP contribution in [0.15, 0.2) is 0 Å². The largest absolute Gasteiger partial charge is 0.311 e. The van der Waals surface area contributed by atoms with Gasteiger partial charge < -0.3 is 10.2 Å². The summed E-state index contributed by atoms with van der Waals surface area (Å²) in [7, 11) is 0. The van der Waals surface area contributed by atoms with E-state index in [1.165, 1.54) is 45.3 Å². The molecular weight excluding hydrogens is 160 g/mol. The van der Waals surface area contributed by atoms with Crippen LogP contribution < -0.4 is 5.32 Å². The molecule has 2 aliphatic rings. The molecule has 1 unspecified atom stereocenters. The van der Waals surface area contributed by atoms with Crippen molar-refractivity contribution in [2.45, 2.75) is 51.1 Å². The summed E-state index contributed by atoms with van der Waals surface area (Å²) in [6.45, 7) is 8.51. The van der Waals surface area contributed by atoms with Crippen LogP contribution in [0.2, 0.25) is 0 Å². The van der Waals surface area contributed by atoms with Gasteiger partial charge in [0.05, 0.1) is 0 Å². The van der Waals surface area contributed by atoms with Gasteiger partial charge in [-0.2, -0.15) is 0 Å². The van der Waals surface area contributed by atoms with Gasteiger partial charge in [-0.1, -0.05) is 6.92 Å². The standard InChI is InChI=1S/C11H22N2/c1-3-10(2)13-8-5-11(6-9-13)4-7-12-11/h10,12H,3-9H2,1-2H3. The molecular formula is C11H22N2. The number of piperidine rings is 1. The average Bonchev–Trinajstić information content (AvgIpc) is 2.14. The van der Waals surface area contributed by atoms with Crippen molar-refractivity contribution in [3.63, 3.8) is 0 Å². The Bertz CT molecular complexity index is 165. The third-order valence-electron chi connectivity index (χ3n) is 4.07. The molecule has 0 aromatic rings. The Morgan fingerprint density at radius 3 is 2.31 bits per heavy atom. The fraction of sp³-hybridized carbons (Fsp3) is 1.00. The second-order valence-electron chi connectivity index (χ2n) is 4.75. The molecule has 0 saturated carbocycles. The first-order valence-corrected chi connectivity index (χ1v) is 5.75. The summed E-state index contributed by atoms with van der Waals surface area (Å²) in [6.07, 6.45) is 5.45. The highest BCUT2D eigenvalue weighted by atomic mass is 15.2. The van der Waals surface area contributed by atoms with Gasteiger partial charge in [0.2, 0.25) is 0 Å². The molecule has 2 saturated heterocycles. The number of rotatable bonds is 2. The third-order valence-corrected chi connectivity index (χ3v) is 4.07. The molecule has 0 bridgehead atoms. The van der Waals surface area contributed by atoms with Crippen LogP contribution >= 0.6 is 0 Å². The molecule has 1 N–H and O–H groups in total. The van der Waals surface area contributed by atoms with Gasteiger partial charge in [-0.15, -0.1) is 0 Å². The monoisotopic (exact) mass is 182 g/mol. The van der Waals surface area contributed by atoms with E-state index in [-0.39, 0.29) is 0 Å². The Kier molecular flexibility index (Phi) is 2.61. The molecule has 2 fully saturated rings. The van der Waals surface area contributed by atoms with Crippen molar-refractivity contribution in [3.8, 4) is 0 Å². The minimum absolute atomic E-state index is 0.573. The van der Waals surface area contributed by atoms with Crippen LogP contribution in [0.25, 0.3) is 0 Å². The highest BCUT2D eigenvalue weighted by molar-refractivity contribution is 5.00. The van der Waals surface area contributed by atoms with Gasteiger partial charge in [-0.05, 0) is 39.2 Å². The maximum Gasteiger partial charge on any atom is 0.0217 e. The van der Waals surface area contributed by atoms with E-state index in [9.17, 15) is 0 Å². The first-order chi connectivity index (χ1) is 6.26. The van der Waals surface area contributed by atoms with E-state index < -0.39 is 0 Å².